The molecule has 0 spiro atoms. The van der Waals surface area contributed by atoms with Crippen LogP contribution in [0, 0.1) is 0 Å². The lowest BCUT2D eigenvalue weighted by Crippen LogP contribution is -2.10. The van der Waals surface area contributed by atoms with Crippen molar-refractivity contribution in [3.63, 3.8) is 0 Å². The first-order chi connectivity index (χ1) is 27.7. The third-order valence-corrected chi connectivity index (χ3v) is 11.2. The Morgan fingerprint density at radius 3 is 1.70 bits per heavy atom. The molecule has 10 aromatic carbocycles. The van der Waals surface area contributed by atoms with Crippen molar-refractivity contribution in [1.82, 2.24) is 0 Å². The maximum atomic E-state index is 6.42. The summed E-state index contributed by atoms with van der Waals surface area (Å²) in [5, 5.41) is 9.61. The van der Waals surface area contributed by atoms with Gasteiger partial charge in [0.1, 0.15) is 11.2 Å². The molecule has 0 aliphatic rings. The van der Waals surface area contributed by atoms with Crippen LogP contribution in [-0.2, 0) is 0 Å². The summed E-state index contributed by atoms with van der Waals surface area (Å²) in [5.74, 6) is 0. The second-order valence-electron chi connectivity index (χ2n) is 14.5. The zero-order chi connectivity index (χ0) is 37.0. The van der Waals surface area contributed by atoms with Gasteiger partial charge in [-0.1, -0.05) is 152 Å². The highest BCUT2D eigenvalue weighted by Gasteiger charge is 2.17. The summed E-state index contributed by atoms with van der Waals surface area (Å²) in [6.07, 6.45) is 0. The summed E-state index contributed by atoms with van der Waals surface area (Å²) in [7, 11) is 0. The van der Waals surface area contributed by atoms with Crippen LogP contribution in [0.5, 0.6) is 0 Å². The topological polar surface area (TPSA) is 16.4 Å². The van der Waals surface area contributed by atoms with Crippen molar-refractivity contribution in [3.05, 3.63) is 212 Å². The molecule has 0 aliphatic carbocycles. The van der Waals surface area contributed by atoms with Crippen molar-refractivity contribution in [2.45, 2.75) is 0 Å². The summed E-state index contributed by atoms with van der Waals surface area (Å²) in [5.41, 5.74) is 12.3. The molecule has 0 aliphatic heterocycles. The predicted molar refractivity (Wildman–Crippen MR) is 237 cm³/mol. The van der Waals surface area contributed by atoms with Crippen LogP contribution in [0.4, 0.5) is 17.1 Å². The maximum Gasteiger partial charge on any atom is 0.143 e. The van der Waals surface area contributed by atoms with Crippen LogP contribution in [-0.4, -0.2) is 0 Å². The van der Waals surface area contributed by atoms with Gasteiger partial charge in [0.2, 0.25) is 0 Å². The lowest BCUT2D eigenvalue weighted by molar-refractivity contribution is 0.672. The first-order valence-electron chi connectivity index (χ1n) is 19.2. The molecule has 1 heterocycles. The summed E-state index contributed by atoms with van der Waals surface area (Å²) in [6, 6.07) is 76.5. The highest BCUT2D eigenvalue weighted by atomic mass is 16.3. The Balaban J connectivity index is 1.01. The van der Waals surface area contributed by atoms with Crippen LogP contribution in [0.25, 0.3) is 87.6 Å². The number of nitrogens with zero attached hydrogens (tertiary/aromatic N) is 1. The largest absolute Gasteiger partial charge is 0.455 e. The van der Waals surface area contributed by atoms with Crippen LogP contribution >= 0.6 is 0 Å². The summed E-state index contributed by atoms with van der Waals surface area (Å²) in [4.78, 5) is 2.36. The van der Waals surface area contributed by atoms with Gasteiger partial charge >= 0.3 is 0 Å². The third kappa shape index (κ3) is 5.42. The molecule has 0 atom stereocenters. The van der Waals surface area contributed by atoms with E-state index in [0.29, 0.717) is 0 Å². The molecule has 1 aromatic heterocycles. The number of para-hydroxylation sites is 1. The number of hydrogen-bond acceptors (Lipinski definition) is 2. The Morgan fingerprint density at radius 1 is 0.286 bits per heavy atom. The van der Waals surface area contributed by atoms with Gasteiger partial charge in [0.05, 0.1) is 0 Å². The van der Waals surface area contributed by atoms with Gasteiger partial charge in [-0.2, -0.15) is 0 Å². The highest BCUT2D eigenvalue weighted by molar-refractivity contribution is 6.16. The molecule has 11 rings (SSSR count). The number of rotatable bonds is 6. The quantitative estimate of drug-likeness (QED) is 0.160. The van der Waals surface area contributed by atoms with E-state index in [1.807, 2.05) is 12.1 Å². The first kappa shape index (κ1) is 32.0. The van der Waals surface area contributed by atoms with E-state index in [1.54, 1.807) is 0 Å². The van der Waals surface area contributed by atoms with E-state index in [0.717, 1.165) is 55.3 Å². The van der Waals surface area contributed by atoms with Gasteiger partial charge in [-0.25, -0.2) is 0 Å². The van der Waals surface area contributed by atoms with Crippen molar-refractivity contribution in [2.75, 3.05) is 4.90 Å². The van der Waals surface area contributed by atoms with Crippen molar-refractivity contribution >= 4 is 71.3 Å². The van der Waals surface area contributed by atoms with Gasteiger partial charge < -0.3 is 9.32 Å². The zero-order valence-corrected chi connectivity index (χ0v) is 30.6. The third-order valence-electron chi connectivity index (χ3n) is 11.2. The molecule has 0 bridgehead atoms. The van der Waals surface area contributed by atoms with Gasteiger partial charge in [-0.3, -0.25) is 0 Å². The standard InChI is InChI=1S/C54H35NO/c1-2-11-36(12-3-1)37-25-28-43(29-26-37)55(45-30-32-47-42(34-45)27-31-51-50-19-8-9-20-53(50)56-54(47)51)44-15-10-14-40(33-44)38-21-23-39(24-22-38)52-35-41-13-4-5-16-46(41)48-17-6-7-18-49(48)52/h1-35H. The average Bonchev–Trinajstić information content (AvgIpc) is 3.66. The number of fused-ring (bicyclic) bond motifs is 8. The van der Waals surface area contributed by atoms with E-state index in [2.05, 4.69) is 205 Å². The van der Waals surface area contributed by atoms with E-state index < -0.39 is 0 Å². The lowest BCUT2D eigenvalue weighted by atomic mass is 9.92. The summed E-state index contributed by atoms with van der Waals surface area (Å²) < 4.78 is 6.42. The fourth-order valence-corrected chi connectivity index (χ4v) is 8.48. The normalized spacial score (nSPS) is 11.6. The maximum absolute atomic E-state index is 6.42. The molecule has 2 nitrogen and oxygen atoms in total. The van der Waals surface area contributed by atoms with E-state index in [-0.39, 0.29) is 0 Å². The second-order valence-corrected chi connectivity index (χ2v) is 14.5. The smallest absolute Gasteiger partial charge is 0.143 e. The van der Waals surface area contributed by atoms with Gasteiger partial charge in [-0.15, -0.1) is 0 Å². The van der Waals surface area contributed by atoms with Gasteiger partial charge in [0.15, 0.2) is 0 Å². The SMILES string of the molecule is c1ccc(-c2ccc(N(c3cccc(-c4ccc(-c5cc6ccccc6c6ccccc56)cc4)c3)c3ccc4c(ccc5c6ccccc6oc45)c3)cc2)cc1. The van der Waals surface area contributed by atoms with Gasteiger partial charge in [0.25, 0.3) is 0 Å². The minimum atomic E-state index is 0.912. The van der Waals surface area contributed by atoms with Crippen LogP contribution in [0.3, 0.4) is 0 Å². The molecular formula is C54H35NO. The number of anilines is 3. The molecule has 262 valence electrons. The molecule has 11 aromatic rings. The summed E-state index contributed by atoms with van der Waals surface area (Å²) >= 11 is 0. The van der Waals surface area contributed by atoms with Gasteiger partial charge in [-0.05, 0) is 121 Å². The minimum absolute atomic E-state index is 0.912. The van der Waals surface area contributed by atoms with E-state index >= 15 is 0 Å². The predicted octanol–water partition coefficient (Wildman–Crippen LogP) is 15.5. The number of benzene rings is 10. The molecular weight excluding hydrogens is 679 g/mol. The molecule has 0 N–H and O–H groups in total. The van der Waals surface area contributed by atoms with Gasteiger partial charge in [0, 0.05) is 33.2 Å². The molecule has 2 heteroatoms. The van der Waals surface area contributed by atoms with Crippen molar-refractivity contribution in [3.8, 4) is 33.4 Å². The Labute approximate surface area is 325 Å². The highest BCUT2D eigenvalue weighted by Crippen LogP contribution is 2.42. The molecule has 0 radical (unpaired) electrons. The van der Waals surface area contributed by atoms with Crippen LogP contribution in [0.15, 0.2) is 217 Å². The summed E-state index contributed by atoms with van der Waals surface area (Å²) in [6.45, 7) is 0. The first-order valence-corrected chi connectivity index (χ1v) is 19.2. The van der Waals surface area contributed by atoms with Crippen LogP contribution in [0.1, 0.15) is 0 Å². The Hall–Kier alpha value is -7.42. The molecule has 0 saturated carbocycles. The van der Waals surface area contributed by atoms with Crippen LogP contribution < -0.4 is 4.90 Å². The number of hydrogen-bond donors (Lipinski definition) is 0. The molecule has 0 unspecified atom stereocenters. The zero-order valence-electron chi connectivity index (χ0n) is 30.6. The van der Waals surface area contributed by atoms with E-state index in [1.165, 1.54) is 49.4 Å². The molecule has 0 saturated heterocycles. The monoisotopic (exact) mass is 713 g/mol. The fraction of sp³-hybridized carbons (Fsp3) is 0. The van der Waals surface area contributed by atoms with Crippen molar-refractivity contribution in [2.24, 2.45) is 0 Å². The van der Waals surface area contributed by atoms with E-state index in [9.17, 15) is 0 Å². The Morgan fingerprint density at radius 2 is 0.857 bits per heavy atom. The average molecular weight is 714 g/mol. The lowest BCUT2D eigenvalue weighted by Gasteiger charge is -2.26. The Bertz CT molecular complexity index is 3230. The fourth-order valence-electron chi connectivity index (χ4n) is 8.48. The van der Waals surface area contributed by atoms with E-state index in [4.69, 9.17) is 4.42 Å². The van der Waals surface area contributed by atoms with Crippen LogP contribution in [0.2, 0.25) is 0 Å². The minimum Gasteiger partial charge on any atom is -0.455 e. The second kappa shape index (κ2) is 13.2. The molecule has 0 amide bonds. The molecule has 56 heavy (non-hydrogen) atoms. The number of furan rings is 1. The Kier molecular flexibility index (Phi) is 7.53. The van der Waals surface area contributed by atoms with Crippen molar-refractivity contribution < 1.29 is 4.42 Å². The van der Waals surface area contributed by atoms with Crippen molar-refractivity contribution in [1.29, 1.82) is 0 Å². The molecule has 0 fully saturated rings.